The second-order valence-electron chi connectivity index (χ2n) is 5.27. The van der Waals surface area contributed by atoms with Crippen molar-refractivity contribution in [3.8, 4) is 0 Å². The Bertz CT molecular complexity index is 1000. The Morgan fingerprint density at radius 3 is 2.52 bits per heavy atom. The molecule has 0 aliphatic carbocycles. The summed E-state index contributed by atoms with van der Waals surface area (Å²) in [7, 11) is -3.94. The van der Waals surface area contributed by atoms with Crippen molar-refractivity contribution in [2.24, 2.45) is 0 Å². The minimum atomic E-state index is -3.94. The summed E-state index contributed by atoms with van der Waals surface area (Å²) in [4.78, 5) is 3.85. The van der Waals surface area contributed by atoms with Crippen molar-refractivity contribution in [1.29, 1.82) is 0 Å². The van der Waals surface area contributed by atoms with E-state index in [1.807, 2.05) is 6.07 Å². The average Bonchev–Trinajstić information content (AvgIpc) is 2.46. The number of pyridine rings is 1. The Hall–Kier alpha value is -2.34. The van der Waals surface area contributed by atoms with Crippen LogP contribution in [0.1, 0.15) is 11.3 Å². The van der Waals surface area contributed by atoms with Gasteiger partial charge in [0.15, 0.2) is 9.84 Å². The van der Waals surface area contributed by atoms with Crippen LogP contribution in [-0.2, 0) is 15.6 Å². The van der Waals surface area contributed by atoms with Crippen molar-refractivity contribution in [3.05, 3.63) is 71.4 Å². The van der Waals surface area contributed by atoms with Gasteiger partial charge in [-0.1, -0.05) is 18.2 Å². The van der Waals surface area contributed by atoms with E-state index in [4.69, 9.17) is 0 Å². The molecule has 0 N–H and O–H groups in total. The van der Waals surface area contributed by atoms with E-state index in [2.05, 4.69) is 4.98 Å². The van der Waals surface area contributed by atoms with Gasteiger partial charge in [-0.15, -0.1) is 0 Å². The maximum absolute atomic E-state index is 13.8. The van der Waals surface area contributed by atoms with E-state index >= 15 is 0 Å². The van der Waals surface area contributed by atoms with Crippen LogP contribution in [0.2, 0.25) is 0 Å². The minimum absolute atomic E-state index is 0.376. The highest BCUT2D eigenvalue weighted by molar-refractivity contribution is 7.90. The number of fused-ring (bicyclic) bond motifs is 1. The van der Waals surface area contributed by atoms with Gasteiger partial charge in [0.1, 0.15) is 16.5 Å². The van der Waals surface area contributed by atoms with Gasteiger partial charge in [-0.3, -0.25) is 4.98 Å². The van der Waals surface area contributed by atoms with Gasteiger partial charge in [-0.2, -0.15) is 0 Å². The van der Waals surface area contributed by atoms with E-state index in [1.54, 1.807) is 31.2 Å². The molecule has 0 amide bonds. The number of benzene rings is 2. The molecule has 0 fully saturated rings. The summed E-state index contributed by atoms with van der Waals surface area (Å²) >= 11 is 0. The molecule has 0 aliphatic rings. The van der Waals surface area contributed by atoms with Crippen molar-refractivity contribution < 1.29 is 17.2 Å². The number of aryl methyl sites for hydroxylation is 1. The van der Waals surface area contributed by atoms with Crippen LogP contribution < -0.4 is 0 Å². The summed E-state index contributed by atoms with van der Waals surface area (Å²) in [6, 6.07) is 11.3. The van der Waals surface area contributed by atoms with Gasteiger partial charge in [-0.25, -0.2) is 17.2 Å². The lowest BCUT2D eigenvalue weighted by Gasteiger charge is -2.10. The molecule has 0 bridgehead atoms. The molecule has 3 nitrogen and oxygen atoms in total. The summed E-state index contributed by atoms with van der Waals surface area (Å²) < 4.78 is 51.8. The Morgan fingerprint density at radius 1 is 1.04 bits per heavy atom. The Labute approximate surface area is 132 Å². The second kappa shape index (κ2) is 5.70. The third-order valence-corrected chi connectivity index (χ3v) is 5.20. The second-order valence-corrected chi connectivity index (χ2v) is 7.23. The van der Waals surface area contributed by atoms with Gasteiger partial charge >= 0.3 is 0 Å². The molecule has 3 rings (SSSR count). The number of hydrogen-bond acceptors (Lipinski definition) is 3. The summed E-state index contributed by atoms with van der Waals surface area (Å²) in [5, 5.41) is 0.698. The maximum atomic E-state index is 13.8. The predicted molar refractivity (Wildman–Crippen MR) is 83.7 cm³/mol. The molecule has 0 atom stereocenters. The van der Waals surface area contributed by atoms with Crippen molar-refractivity contribution in [3.63, 3.8) is 0 Å². The Morgan fingerprint density at radius 2 is 1.78 bits per heavy atom. The first kappa shape index (κ1) is 15.6. The van der Waals surface area contributed by atoms with Gasteiger partial charge in [-0.05, 0) is 36.8 Å². The number of aromatic nitrogens is 1. The molecule has 1 aromatic heterocycles. The number of hydrogen-bond donors (Lipinski definition) is 0. The molecule has 2 aromatic carbocycles. The fourth-order valence-corrected chi connectivity index (χ4v) is 3.96. The van der Waals surface area contributed by atoms with E-state index in [-0.39, 0.29) is 5.75 Å². The van der Waals surface area contributed by atoms with E-state index in [0.717, 1.165) is 12.1 Å². The van der Waals surface area contributed by atoms with Crippen LogP contribution in [0, 0.1) is 18.6 Å². The van der Waals surface area contributed by atoms with Gasteiger partial charge in [0.05, 0.1) is 11.3 Å². The zero-order chi connectivity index (χ0) is 16.6. The number of sulfone groups is 1. The molecule has 3 aromatic rings. The van der Waals surface area contributed by atoms with Crippen LogP contribution >= 0.6 is 0 Å². The van der Waals surface area contributed by atoms with E-state index in [9.17, 15) is 17.2 Å². The van der Waals surface area contributed by atoms with Crippen molar-refractivity contribution >= 4 is 20.7 Å². The fraction of sp³-hybridized carbons (Fsp3) is 0.118. The predicted octanol–water partition coefficient (Wildman–Crippen LogP) is 3.80. The van der Waals surface area contributed by atoms with Gasteiger partial charge in [0.25, 0.3) is 0 Å². The smallest absolute Gasteiger partial charge is 0.185 e. The lowest BCUT2D eigenvalue weighted by Crippen LogP contribution is -2.08. The molecule has 23 heavy (non-hydrogen) atoms. The van der Waals surface area contributed by atoms with Crippen LogP contribution in [0.3, 0.4) is 0 Å². The van der Waals surface area contributed by atoms with Crippen LogP contribution in [0.25, 0.3) is 10.9 Å². The summed E-state index contributed by atoms with van der Waals surface area (Å²) in [5.41, 5.74) is 1.89. The van der Waals surface area contributed by atoms with Crippen LogP contribution in [0.15, 0.2) is 53.4 Å². The van der Waals surface area contributed by atoms with E-state index in [0.29, 0.717) is 28.2 Å². The van der Waals surface area contributed by atoms with Crippen LogP contribution in [-0.4, -0.2) is 13.4 Å². The highest BCUT2D eigenvalue weighted by Gasteiger charge is 2.21. The van der Waals surface area contributed by atoms with E-state index in [1.165, 1.54) is 0 Å². The van der Waals surface area contributed by atoms with Crippen molar-refractivity contribution in [1.82, 2.24) is 4.98 Å². The molecule has 0 unspecified atom stereocenters. The molecular weight excluding hydrogens is 320 g/mol. The van der Waals surface area contributed by atoms with Gasteiger partial charge in [0, 0.05) is 17.1 Å². The van der Waals surface area contributed by atoms with Crippen LogP contribution in [0.4, 0.5) is 8.78 Å². The molecule has 0 spiro atoms. The summed E-state index contributed by atoms with van der Waals surface area (Å²) in [6.45, 7) is 1.76. The number of halogens is 2. The molecule has 1 heterocycles. The van der Waals surface area contributed by atoms with Gasteiger partial charge in [0.2, 0.25) is 0 Å². The molecule has 118 valence electrons. The minimum Gasteiger partial charge on any atom is -0.253 e. The fourth-order valence-electron chi connectivity index (χ4n) is 2.52. The quantitative estimate of drug-likeness (QED) is 0.685. The molecular formula is C17H13F2NO2S. The number of rotatable bonds is 3. The highest BCUT2D eigenvalue weighted by atomic mass is 32.2. The zero-order valence-electron chi connectivity index (χ0n) is 12.3. The third kappa shape index (κ3) is 3.07. The number of para-hydroxylation sites is 1. The Balaban J connectivity index is 2.11. The monoisotopic (exact) mass is 333 g/mol. The third-order valence-electron chi connectivity index (χ3n) is 3.50. The largest absolute Gasteiger partial charge is 0.253 e. The van der Waals surface area contributed by atoms with Crippen LogP contribution in [0.5, 0.6) is 0 Å². The first-order valence-corrected chi connectivity index (χ1v) is 8.55. The first-order chi connectivity index (χ1) is 10.9. The maximum Gasteiger partial charge on any atom is 0.185 e. The number of nitrogens with zero attached hydrogens (tertiary/aromatic N) is 1. The SMILES string of the molecule is Cc1cc(CS(=O)(=O)c2ccc(F)cc2F)c2ccccc2n1. The molecule has 6 heteroatoms. The topological polar surface area (TPSA) is 47.0 Å². The summed E-state index contributed by atoms with van der Waals surface area (Å²) in [5.74, 6) is -2.27. The highest BCUT2D eigenvalue weighted by Crippen LogP contribution is 2.25. The average molecular weight is 333 g/mol. The summed E-state index contributed by atoms with van der Waals surface area (Å²) in [6.07, 6.45) is 0. The Kier molecular flexibility index (Phi) is 3.85. The standard InChI is InChI=1S/C17H13F2NO2S/c1-11-8-12(14-4-2-3-5-16(14)20-11)10-23(21,22)17-7-6-13(18)9-15(17)19/h2-9H,10H2,1H3. The lowest BCUT2D eigenvalue weighted by molar-refractivity contribution is 0.549. The molecule has 0 saturated heterocycles. The van der Waals surface area contributed by atoms with Crippen molar-refractivity contribution in [2.75, 3.05) is 0 Å². The zero-order valence-corrected chi connectivity index (χ0v) is 13.1. The van der Waals surface area contributed by atoms with Crippen molar-refractivity contribution in [2.45, 2.75) is 17.6 Å². The molecule has 0 saturated carbocycles. The first-order valence-electron chi connectivity index (χ1n) is 6.90. The molecule has 0 radical (unpaired) electrons. The molecule has 0 aliphatic heterocycles. The van der Waals surface area contributed by atoms with E-state index < -0.39 is 26.4 Å². The normalized spacial score (nSPS) is 11.8. The lowest BCUT2D eigenvalue weighted by atomic mass is 10.1. The van der Waals surface area contributed by atoms with Gasteiger partial charge < -0.3 is 0 Å².